The van der Waals surface area contributed by atoms with Gasteiger partial charge in [0.25, 0.3) is 5.91 Å². The Balaban J connectivity index is 1.57. The van der Waals surface area contributed by atoms with Crippen LogP contribution in [0, 0.1) is 0 Å². The van der Waals surface area contributed by atoms with Crippen LogP contribution in [0.25, 0.3) is 5.69 Å². The van der Waals surface area contributed by atoms with E-state index in [0.29, 0.717) is 23.1 Å². The number of nitrogens with one attached hydrogen (secondary N) is 1. The summed E-state index contributed by atoms with van der Waals surface area (Å²) < 4.78 is 11.9. The molecule has 1 amide bonds. The van der Waals surface area contributed by atoms with Crippen LogP contribution in [-0.2, 0) is 9.53 Å². The number of hydrogen-bond donors (Lipinski definition) is 1. The van der Waals surface area contributed by atoms with Crippen molar-refractivity contribution in [2.45, 2.75) is 6.92 Å². The number of benzene rings is 2. The lowest BCUT2D eigenvalue weighted by Crippen LogP contribution is -2.20. The van der Waals surface area contributed by atoms with Crippen molar-refractivity contribution in [1.82, 2.24) is 9.78 Å². The number of halogens is 1. The summed E-state index contributed by atoms with van der Waals surface area (Å²) in [5.41, 5.74) is 1.59. The average molecular weight is 400 g/mol. The quantitative estimate of drug-likeness (QED) is 0.612. The molecular weight excluding hydrogens is 382 g/mol. The van der Waals surface area contributed by atoms with Gasteiger partial charge in [0.2, 0.25) is 0 Å². The molecule has 2 aromatic carbocycles. The molecular formula is C20H18ClN3O4. The molecule has 0 atom stereocenters. The molecule has 0 aliphatic rings. The zero-order valence-electron chi connectivity index (χ0n) is 15.1. The zero-order valence-corrected chi connectivity index (χ0v) is 15.8. The summed E-state index contributed by atoms with van der Waals surface area (Å²) in [7, 11) is 0. The number of anilines is 1. The molecule has 0 saturated heterocycles. The van der Waals surface area contributed by atoms with Gasteiger partial charge in [-0.2, -0.15) is 5.10 Å². The highest BCUT2D eigenvalue weighted by Gasteiger charge is 2.11. The van der Waals surface area contributed by atoms with Crippen LogP contribution < -0.4 is 10.1 Å². The van der Waals surface area contributed by atoms with Gasteiger partial charge in [0.1, 0.15) is 5.75 Å². The van der Waals surface area contributed by atoms with Crippen molar-refractivity contribution in [2.24, 2.45) is 0 Å². The Hall–Kier alpha value is -3.32. The molecule has 144 valence electrons. The fourth-order valence-corrected chi connectivity index (χ4v) is 2.56. The summed E-state index contributed by atoms with van der Waals surface area (Å²) in [6.07, 6.45) is 1.67. The van der Waals surface area contributed by atoms with Gasteiger partial charge in [0.05, 0.1) is 12.3 Å². The van der Waals surface area contributed by atoms with Crippen LogP contribution in [-0.4, -0.2) is 34.9 Å². The van der Waals surface area contributed by atoms with Gasteiger partial charge in [-0.15, -0.1) is 0 Å². The molecule has 3 rings (SSSR count). The van der Waals surface area contributed by atoms with E-state index in [1.54, 1.807) is 72.4 Å². The number of carbonyl (C=O) groups excluding carboxylic acids is 2. The second-order valence-electron chi connectivity index (χ2n) is 5.71. The topological polar surface area (TPSA) is 82.5 Å². The first kappa shape index (κ1) is 19.4. The van der Waals surface area contributed by atoms with Crippen molar-refractivity contribution in [1.29, 1.82) is 0 Å². The van der Waals surface area contributed by atoms with Crippen LogP contribution in [0.4, 0.5) is 5.69 Å². The van der Waals surface area contributed by atoms with Crippen molar-refractivity contribution in [2.75, 3.05) is 18.5 Å². The fourth-order valence-electron chi connectivity index (χ4n) is 2.38. The summed E-state index contributed by atoms with van der Waals surface area (Å²) in [5.74, 6) is -0.240. The summed E-state index contributed by atoms with van der Waals surface area (Å²) in [6.45, 7) is 1.90. The third-order valence-electron chi connectivity index (χ3n) is 3.66. The van der Waals surface area contributed by atoms with Crippen molar-refractivity contribution in [3.63, 3.8) is 0 Å². The van der Waals surface area contributed by atoms with Crippen LogP contribution in [0.3, 0.4) is 0 Å². The van der Waals surface area contributed by atoms with E-state index in [1.807, 2.05) is 0 Å². The Labute approximate surface area is 166 Å². The van der Waals surface area contributed by atoms with Crippen molar-refractivity contribution >= 4 is 29.2 Å². The molecule has 1 N–H and O–H groups in total. The molecule has 0 fully saturated rings. The third kappa shape index (κ3) is 5.11. The smallest absolute Gasteiger partial charge is 0.358 e. The Bertz CT molecular complexity index is 970. The minimum Gasteiger partial charge on any atom is -0.484 e. The summed E-state index contributed by atoms with van der Waals surface area (Å²) in [5, 5.41) is 7.47. The van der Waals surface area contributed by atoms with Crippen LogP contribution in [0.15, 0.2) is 60.8 Å². The van der Waals surface area contributed by atoms with Crippen LogP contribution in [0.1, 0.15) is 17.4 Å². The molecule has 0 radical (unpaired) electrons. The van der Waals surface area contributed by atoms with E-state index >= 15 is 0 Å². The first-order valence-electron chi connectivity index (χ1n) is 8.56. The lowest BCUT2D eigenvalue weighted by Gasteiger charge is -2.08. The molecule has 0 aliphatic carbocycles. The number of esters is 1. The van der Waals surface area contributed by atoms with E-state index in [9.17, 15) is 9.59 Å². The summed E-state index contributed by atoms with van der Waals surface area (Å²) in [6, 6.07) is 15.4. The van der Waals surface area contributed by atoms with Gasteiger partial charge in [-0.05, 0) is 55.5 Å². The minimum atomic E-state index is -0.468. The second kappa shape index (κ2) is 9.05. The number of nitrogens with zero attached hydrogens (tertiary/aromatic N) is 2. The Kier molecular flexibility index (Phi) is 6.29. The molecule has 8 heteroatoms. The van der Waals surface area contributed by atoms with E-state index in [4.69, 9.17) is 21.1 Å². The van der Waals surface area contributed by atoms with Gasteiger partial charge in [-0.25, -0.2) is 9.48 Å². The number of carbonyl (C=O) groups is 2. The van der Waals surface area contributed by atoms with E-state index in [2.05, 4.69) is 10.4 Å². The molecule has 1 aromatic heterocycles. The van der Waals surface area contributed by atoms with Crippen molar-refractivity contribution in [3.8, 4) is 11.4 Å². The number of amides is 1. The Morgan fingerprint density at radius 1 is 1.14 bits per heavy atom. The molecule has 0 unspecified atom stereocenters. The van der Waals surface area contributed by atoms with Crippen molar-refractivity contribution < 1.29 is 19.1 Å². The predicted molar refractivity (Wildman–Crippen MR) is 105 cm³/mol. The van der Waals surface area contributed by atoms with Crippen molar-refractivity contribution in [3.05, 3.63) is 71.5 Å². The number of ether oxygens (including phenoxy) is 2. The molecule has 0 bridgehead atoms. The summed E-state index contributed by atoms with van der Waals surface area (Å²) >= 11 is 5.88. The van der Waals surface area contributed by atoms with Crippen LogP contribution >= 0.6 is 11.6 Å². The normalized spacial score (nSPS) is 10.4. The first-order valence-corrected chi connectivity index (χ1v) is 8.94. The van der Waals surface area contributed by atoms with Crippen LogP contribution in [0.5, 0.6) is 5.75 Å². The van der Waals surface area contributed by atoms with E-state index < -0.39 is 5.97 Å². The Morgan fingerprint density at radius 3 is 2.64 bits per heavy atom. The van der Waals surface area contributed by atoms with E-state index in [1.165, 1.54) is 0 Å². The average Bonchev–Trinajstić information content (AvgIpc) is 3.18. The maximum Gasteiger partial charge on any atom is 0.358 e. The number of aromatic nitrogens is 2. The van der Waals surface area contributed by atoms with Gasteiger partial charge < -0.3 is 14.8 Å². The van der Waals surface area contributed by atoms with Gasteiger partial charge in [-0.3, -0.25) is 4.79 Å². The van der Waals surface area contributed by atoms with E-state index in [-0.39, 0.29) is 18.2 Å². The molecule has 3 aromatic rings. The number of rotatable bonds is 7. The molecule has 0 aliphatic heterocycles. The highest BCUT2D eigenvalue weighted by atomic mass is 35.5. The minimum absolute atomic E-state index is 0.135. The SMILES string of the molecule is CCOC(=O)c1ccn(-c2ccc(NC(=O)COc3cccc(Cl)c3)cc2)n1. The summed E-state index contributed by atoms with van der Waals surface area (Å²) in [4.78, 5) is 23.7. The zero-order chi connectivity index (χ0) is 19.9. The third-order valence-corrected chi connectivity index (χ3v) is 3.89. The molecule has 1 heterocycles. The largest absolute Gasteiger partial charge is 0.484 e. The van der Waals surface area contributed by atoms with Gasteiger partial charge in [0.15, 0.2) is 12.3 Å². The maximum absolute atomic E-state index is 12.0. The van der Waals surface area contributed by atoms with Gasteiger partial charge >= 0.3 is 5.97 Å². The molecule has 0 spiro atoms. The van der Waals surface area contributed by atoms with Gasteiger partial charge in [0, 0.05) is 16.9 Å². The monoisotopic (exact) mass is 399 g/mol. The van der Waals surface area contributed by atoms with Crippen LogP contribution in [0.2, 0.25) is 5.02 Å². The standard InChI is InChI=1S/C20H18ClN3O4/c1-2-27-20(26)18-10-11-24(23-18)16-8-6-15(7-9-16)22-19(25)13-28-17-5-3-4-14(21)12-17/h3-12H,2,13H2,1H3,(H,22,25). The lowest BCUT2D eigenvalue weighted by molar-refractivity contribution is -0.118. The maximum atomic E-state index is 12.0. The Morgan fingerprint density at radius 2 is 1.93 bits per heavy atom. The lowest BCUT2D eigenvalue weighted by atomic mass is 10.3. The predicted octanol–water partition coefficient (Wildman–Crippen LogP) is 3.72. The molecule has 0 saturated carbocycles. The highest BCUT2D eigenvalue weighted by molar-refractivity contribution is 6.30. The van der Waals surface area contributed by atoms with E-state index in [0.717, 1.165) is 5.69 Å². The fraction of sp³-hybridized carbons (Fsp3) is 0.150. The first-order chi connectivity index (χ1) is 13.5. The second-order valence-corrected chi connectivity index (χ2v) is 6.14. The molecule has 7 nitrogen and oxygen atoms in total. The van der Waals surface area contributed by atoms with Gasteiger partial charge in [-0.1, -0.05) is 17.7 Å². The number of hydrogen-bond acceptors (Lipinski definition) is 5. The highest BCUT2D eigenvalue weighted by Crippen LogP contribution is 2.17. The molecule has 28 heavy (non-hydrogen) atoms.